The van der Waals surface area contributed by atoms with Gasteiger partial charge in [-0.25, -0.2) is 9.59 Å². The second-order valence-corrected chi connectivity index (χ2v) is 17.8. The van der Waals surface area contributed by atoms with Gasteiger partial charge in [0.25, 0.3) is 0 Å². The van der Waals surface area contributed by atoms with E-state index in [2.05, 4.69) is 41.5 Å². The van der Waals surface area contributed by atoms with E-state index >= 15 is 0 Å². The molecule has 7 rings (SSSR count). The predicted molar refractivity (Wildman–Crippen MR) is 172 cm³/mol. The topological polar surface area (TPSA) is 77.5 Å². The molecule has 0 bridgehead atoms. The molecule has 12 atom stereocenters. The first kappa shape index (κ1) is 32.0. The van der Waals surface area contributed by atoms with Crippen LogP contribution in [0.3, 0.4) is 0 Å². The van der Waals surface area contributed by atoms with E-state index in [9.17, 15) is 9.59 Å². The number of hydrogen-bond acceptors (Lipinski definition) is 6. The van der Waals surface area contributed by atoms with E-state index in [1.54, 1.807) is 14.1 Å². The molecule has 5 aliphatic carbocycles. The molecule has 5 saturated carbocycles. The van der Waals surface area contributed by atoms with Crippen LogP contribution in [0.2, 0.25) is 0 Å². The Morgan fingerprint density at radius 3 is 2.36 bits per heavy atom. The third-order valence-electron chi connectivity index (χ3n) is 15.0. The molecule has 9 unspecified atom stereocenters. The van der Waals surface area contributed by atoms with Crippen LogP contribution < -0.4 is 0 Å². The van der Waals surface area contributed by atoms with Crippen LogP contribution in [0.4, 0.5) is 9.59 Å². The molecule has 0 N–H and O–H groups in total. The minimum absolute atomic E-state index is 0.0115. The molecule has 7 aliphatic rings. The highest BCUT2D eigenvalue weighted by atomic mass is 16.6. The van der Waals surface area contributed by atoms with Gasteiger partial charge in [0.15, 0.2) is 0 Å². The molecule has 254 valence electrons. The van der Waals surface area contributed by atoms with Crippen molar-refractivity contribution in [2.45, 2.75) is 124 Å². The van der Waals surface area contributed by atoms with Gasteiger partial charge in [-0.3, -0.25) is 0 Å². The lowest BCUT2D eigenvalue weighted by molar-refractivity contribution is -0.166. The molecule has 45 heavy (non-hydrogen) atoms. The Hall–Kier alpha value is -1.54. The first-order valence-electron chi connectivity index (χ1n) is 18.3. The molecule has 7 fully saturated rings. The highest BCUT2D eigenvalue weighted by Gasteiger charge is 2.81. The summed E-state index contributed by atoms with van der Waals surface area (Å²) in [4.78, 5) is 29.1. The summed E-state index contributed by atoms with van der Waals surface area (Å²) in [5.74, 6) is 3.42. The van der Waals surface area contributed by atoms with E-state index in [4.69, 9.17) is 18.9 Å². The number of rotatable bonds is 4. The van der Waals surface area contributed by atoms with Gasteiger partial charge >= 0.3 is 12.2 Å². The molecule has 2 heterocycles. The number of fused-ring (bicyclic) bond motifs is 4. The Balaban J connectivity index is 1.07. The van der Waals surface area contributed by atoms with Crippen molar-refractivity contribution in [1.29, 1.82) is 0 Å². The molecule has 0 aromatic rings. The van der Waals surface area contributed by atoms with Gasteiger partial charge in [0.1, 0.15) is 12.2 Å². The molecule has 2 spiro atoms. The number of carbonyl (C=O) groups excluding carboxylic acids is 2. The monoisotopic (exact) mass is 628 g/mol. The summed E-state index contributed by atoms with van der Waals surface area (Å²) in [6, 6.07) is 0. The summed E-state index contributed by atoms with van der Waals surface area (Å²) in [7, 11) is 3.51. The van der Waals surface area contributed by atoms with Crippen LogP contribution in [0.15, 0.2) is 0 Å². The van der Waals surface area contributed by atoms with E-state index in [0.717, 1.165) is 25.2 Å². The smallest absolute Gasteiger partial charge is 0.410 e. The van der Waals surface area contributed by atoms with Crippen LogP contribution in [0, 0.1) is 57.2 Å². The van der Waals surface area contributed by atoms with Gasteiger partial charge in [0, 0.05) is 32.6 Å². The summed E-state index contributed by atoms with van der Waals surface area (Å²) in [6.45, 7) is 16.7. The summed E-state index contributed by atoms with van der Waals surface area (Å²) in [5.41, 5.74) is 1.16. The Labute approximate surface area is 271 Å². The molecular formula is C37H60N2O6. The number of morpholine rings is 1. The normalized spacial score (nSPS) is 46.9. The highest BCUT2D eigenvalue weighted by molar-refractivity contribution is 5.68. The van der Waals surface area contributed by atoms with Crippen LogP contribution in [0.25, 0.3) is 0 Å². The average Bonchev–Trinajstić information content (AvgIpc) is 3.56. The van der Waals surface area contributed by atoms with E-state index < -0.39 is 0 Å². The lowest BCUT2D eigenvalue weighted by Gasteiger charge is -2.59. The summed E-state index contributed by atoms with van der Waals surface area (Å²) in [6.07, 6.45) is 10.5. The zero-order valence-corrected chi connectivity index (χ0v) is 29.3. The van der Waals surface area contributed by atoms with Gasteiger partial charge in [-0.05, 0) is 110 Å². The van der Waals surface area contributed by atoms with Crippen molar-refractivity contribution in [2.75, 3.05) is 40.4 Å². The molecule has 0 radical (unpaired) electrons. The first-order valence-corrected chi connectivity index (χ1v) is 18.3. The molecule has 8 nitrogen and oxygen atoms in total. The molecule has 2 aliphatic heterocycles. The number of amides is 2. The minimum atomic E-state index is -0.273. The van der Waals surface area contributed by atoms with Crippen molar-refractivity contribution in [3.05, 3.63) is 0 Å². The van der Waals surface area contributed by atoms with Crippen LogP contribution in [-0.4, -0.2) is 86.8 Å². The number of ether oxygens (including phenoxy) is 4. The third-order valence-corrected chi connectivity index (χ3v) is 15.0. The van der Waals surface area contributed by atoms with Gasteiger partial charge in [-0.2, -0.15) is 0 Å². The lowest BCUT2D eigenvalue weighted by Crippen LogP contribution is -2.56. The predicted octanol–water partition coefficient (Wildman–Crippen LogP) is 7.00. The van der Waals surface area contributed by atoms with E-state index in [1.807, 2.05) is 4.90 Å². The quantitative estimate of drug-likeness (QED) is 0.334. The van der Waals surface area contributed by atoms with Crippen LogP contribution >= 0.6 is 0 Å². The Kier molecular flexibility index (Phi) is 7.83. The van der Waals surface area contributed by atoms with Gasteiger partial charge in [0.2, 0.25) is 0 Å². The Morgan fingerprint density at radius 1 is 0.933 bits per heavy atom. The van der Waals surface area contributed by atoms with Crippen LogP contribution in [0.5, 0.6) is 0 Å². The second-order valence-electron chi connectivity index (χ2n) is 17.8. The maximum Gasteiger partial charge on any atom is 0.410 e. The van der Waals surface area contributed by atoms with Crippen molar-refractivity contribution in [2.24, 2.45) is 57.2 Å². The maximum atomic E-state index is 13.1. The summed E-state index contributed by atoms with van der Waals surface area (Å²) in [5, 5.41) is 0. The van der Waals surface area contributed by atoms with Crippen molar-refractivity contribution >= 4 is 12.2 Å². The largest absolute Gasteiger partial charge is 0.446 e. The van der Waals surface area contributed by atoms with Crippen molar-refractivity contribution < 1.29 is 28.5 Å². The lowest BCUT2D eigenvalue weighted by atomic mass is 9.46. The van der Waals surface area contributed by atoms with Gasteiger partial charge < -0.3 is 28.7 Å². The molecule has 8 heteroatoms. The highest BCUT2D eigenvalue weighted by Crippen LogP contribution is 2.87. The van der Waals surface area contributed by atoms with Gasteiger partial charge in [-0.1, -0.05) is 41.5 Å². The molecule has 2 amide bonds. The standard InChI is InChI=1S/C37H60N2O6/c1-22(2)31(45-32(40)38(7)8)27-19-23(3)30-26(43-27)20-25-24-9-10-28-34(4,5)29(44-33(41)39-15-17-42-18-16-39)11-12-37(28)21-36(24,37)14-13-35(25,30)6/h22-31H,9-21H2,1-8H3/t23?,24?,25?,26?,27?,28?,29-,30?,31+,35?,36-,37?/m0/s1. The van der Waals surface area contributed by atoms with Crippen molar-refractivity contribution in [1.82, 2.24) is 9.80 Å². The van der Waals surface area contributed by atoms with Crippen molar-refractivity contribution in [3.63, 3.8) is 0 Å². The molecule has 2 saturated heterocycles. The number of carbonyl (C=O) groups is 2. The fourth-order valence-electron chi connectivity index (χ4n) is 13.1. The zero-order chi connectivity index (χ0) is 32.1. The third kappa shape index (κ3) is 4.71. The zero-order valence-electron chi connectivity index (χ0n) is 29.3. The number of nitrogens with zero attached hydrogens (tertiary/aromatic N) is 2. The second kappa shape index (κ2) is 11.0. The fraction of sp³-hybridized carbons (Fsp3) is 0.946. The first-order chi connectivity index (χ1) is 21.2. The molecule has 0 aromatic heterocycles. The van der Waals surface area contributed by atoms with Crippen LogP contribution in [-0.2, 0) is 18.9 Å². The van der Waals surface area contributed by atoms with Gasteiger partial charge in [0.05, 0.1) is 25.4 Å². The summed E-state index contributed by atoms with van der Waals surface area (Å²) >= 11 is 0. The van der Waals surface area contributed by atoms with Crippen molar-refractivity contribution in [3.8, 4) is 0 Å². The Bertz CT molecular complexity index is 1170. The summed E-state index contributed by atoms with van der Waals surface area (Å²) < 4.78 is 24.9. The van der Waals surface area contributed by atoms with E-state index in [1.165, 1.54) is 43.4 Å². The maximum absolute atomic E-state index is 13.1. The number of hydrogen-bond donors (Lipinski definition) is 0. The van der Waals surface area contributed by atoms with Crippen LogP contribution in [0.1, 0.15) is 99.3 Å². The molecule has 0 aromatic carbocycles. The van der Waals surface area contributed by atoms with Gasteiger partial charge in [-0.15, -0.1) is 0 Å². The minimum Gasteiger partial charge on any atom is -0.446 e. The SMILES string of the molecule is CC1CC([C@H](OC(=O)N(C)C)C(C)C)OC2CC3C4CCC5C(C)(C)[C@@H](OC(=O)N6CCOCC6)CCC56C[C@@]46CCC3(C)C12. The van der Waals surface area contributed by atoms with E-state index in [-0.39, 0.29) is 47.9 Å². The average molecular weight is 629 g/mol. The fourth-order valence-corrected chi connectivity index (χ4v) is 13.1. The Morgan fingerprint density at radius 2 is 1.67 bits per heavy atom. The molecular weight excluding hydrogens is 568 g/mol. The van der Waals surface area contributed by atoms with E-state index in [0.29, 0.717) is 66.2 Å².